The van der Waals surface area contributed by atoms with Gasteiger partial charge in [-0.25, -0.2) is 0 Å². The van der Waals surface area contributed by atoms with Crippen molar-refractivity contribution in [2.45, 2.75) is 65.7 Å². The first-order chi connectivity index (χ1) is 11.4. The molecule has 0 nitrogen and oxygen atoms in total. The van der Waals surface area contributed by atoms with E-state index in [1.165, 1.54) is 54.9 Å². The van der Waals surface area contributed by atoms with Crippen LogP contribution in [0.3, 0.4) is 0 Å². The summed E-state index contributed by atoms with van der Waals surface area (Å²) >= 11 is 13.4. The van der Waals surface area contributed by atoms with Gasteiger partial charge in [0.05, 0.1) is 15.2 Å². The van der Waals surface area contributed by atoms with Gasteiger partial charge >= 0.3 is 0 Å². The molecule has 4 heteroatoms. The number of hydrogen-bond donors (Lipinski definition) is 0. The molecule has 0 fully saturated rings. The Kier molecular flexibility index (Phi) is 4.87. The third-order valence-corrected chi connectivity index (χ3v) is 11.0. The zero-order valence-corrected chi connectivity index (χ0v) is 19.6. The molecule has 2 heterocycles. The van der Waals surface area contributed by atoms with E-state index in [0.717, 1.165) is 10.1 Å². The highest BCUT2D eigenvalue weighted by Gasteiger charge is 2.50. The fourth-order valence-corrected chi connectivity index (χ4v) is 8.49. The molecule has 134 valence electrons. The van der Waals surface area contributed by atoms with E-state index in [-0.39, 0.29) is 16.2 Å². The van der Waals surface area contributed by atoms with Crippen molar-refractivity contribution in [1.82, 2.24) is 0 Å². The van der Waals surface area contributed by atoms with Gasteiger partial charge < -0.3 is 0 Å². The Morgan fingerprint density at radius 1 is 0.840 bits per heavy atom. The van der Waals surface area contributed by atoms with Gasteiger partial charge in [0, 0.05) is 11.1 Å². The lowest BCUT2D eigenvalue weighted by atomic mass is 9.75. The average Bonchev–Trinajstić information content (AvgIpc) is 3.03. The summed E-state index contributed by atoms with van der Waals surface area (Å²) in [5.74, 6) is 0.243. The summed E-state index contributed by atoms with van der Waals surface area (Å²) < 4.78 is 0. The van der Waals surface area contributed by atoms with Crippen LogP contribution in [0.1, 0.15) is 55.4 Å². The zero-order chi connectivity index (χ0) is 18.9. The molecule has 3 atom stereocenters. The number of halogens is 2. The maximum absolute atomic E-state index is 6.83. The molecule has 3 aliphatic rings. The van der Waals surface area contributed by atoms with Gasteiger partial charge in [-0.2, -0.15) is 0 Å². The second-order valence-corrected chi connectivity index (χ2v) is 12.2. The molecule has 0 aromatic heterocycles. The van der Waals surface area contributed by atoms with Gasteiger partial charge in [0.1, 0.15) is 0 Å². The van der Waals surface area contributed by atoms with Crippen LogP contribution >= 0.6 is 39.6 Å². The van der Waals surface area contributed by atoms with Gasteiger partial charge in [-0.15, -0.1) is 0 Å². The highest BCUT2D eigenvalue weighted by atomic mass is 35.5. The maximum atomic E-state index is 6.83. The smallest absolute Gasteiger partial charge is 0.0603 e. The Morgan fingerprint density at radius 2 is 1.36 bits per heavy atom. The molecule has 0 bridgehead atoms. The molecule has 25 heavy (non-hydrogen) atoms. The lowest BCUT2D eigenvalue weighted by molar-refractivity contribution is 0.570. The summed E-state index contributed by atoms with van der Waals surface area (Å²) in [5.41, 5.74) is 7.08. The van der Waals surface area contributed by atoms with Crippen LogP contribution in [0.15, 0.2) is 44.0 Å². The van der Waals surface area contributed by atoms with E-state index in [1.54, 1.807) is 0 Å². The van der Waals surface area contributed by atoms with Crippen LogP contribution in [0.25, 0.3) is 0 Å². The van der Waals surface area contributed by atoms with E-state index >= 15 is 0 Å². The molecular weight excluding hydrogens is 385 g/mol. The Bertz CT molecular complexity index is 866. The first-order valence-corrected chi connectivity index (χ1v) is 11.3. The van der Waals surface area contributed by atoms with Crippen LogP contribution in [0.2, 0.25) is 0 Å². The number of hydrogen-bond acceptors (Lipinski definition) is 0. The number of allylic oxidation sites excluding steroid dienone is 8. The van der Waals surface area contributed by atoms with E-state index in [4.69, 9.17) is 23.2 Å². The lowest BCUT2D eigenvalue weighted by Gasteiger charge is -2.39. The molecule has 0 aromatic carbocycles. The Balaban J connectivity index is 2.22. The predicted octanol–water partition coefficient (Wildman–Crippen LogP) is 7.73. The molecule has 0 amide bonds. The van der Waals surface area contributed by atoms with Gasteiger partial charge in [0.25, 0.3) is 0 Å². The normalized spacial score (nSPS) is 37.0. The van der Waals surface area contributed by atoms with Crippen LogP contribution in [0, 0.1) is 5.92 Å². The molecule has 0 saturated carbocycles. The Hall–Kier alpha value is -0.120. The largest absolute Gasteiger partial charge is 0.0890 e. The molecule has 3 unspecified atom stereocenters. The van der Waals surface area contributed by atoms with Crippen molar-refractivity contribution in [3.05, 3.63) is 44.0 Å². The highest BCUT2D eigenvalue weighted by molar-refractivity contribution is 7.45. The molecule has 1 aliphatic carbocycles. The summed E-state index contributed by atoms with van der Waals surface area (Å²) in [6.45, 7) is 18.2. The Morgan fingerprint density at radius 3 is 1.80 bits per heavy atom. The van der Waals surface area contributed by atoms with Gasteiger partial charge in [-0.05, 0) is 82.7 Å². The second kappa shape index (κ2) is 6.21. The van der Waals surface area contributed by atoms with E-state index in [2.05, 4.69) is 61.5 Å². The predicted molar refractivity (Wildman–Crippen MR) is 119 cm³/mol. The Labute approximate surface area is 165 Å². The SMILES string of the molecule is CC1=PC(C)(C2=C(Cl)C(Cl)=CC2C2(C)P=C(C)C(C)=C2C)C(C)=C1C. The van der Waals surface area contributed by atoms with Crippen LogP contribution in [-0.4, -0.2) is 20.9 Å². The van der Waals surface area contributed by atoms with Crippen molar-refractivity contribution in [3.8, 4) is 0 Å². The molecule has 0 aromatic rings. The summed E-state index contributed by atoms with van der Waals surface area (Å²) in [6, 6.07) is 0. The molecule has 2 aliphatic heterocycles. The number of rotatable bonds is 2. The van der Waals surface area contributed by atoms with E-state index in [9.17, 15) is 0 Å². The van der Waals surface area contributed by atoms with Crippen LogP contribution < -0.4 is 0 Å². The average molecular weight is 411 g/mol. The van der Waals surface area contributed by atoms with Crippen molar-refractivity contribution in [1.29, 1.82) is 0 Å². The maximum Gasteiger partial charge on any atom is 0.0603 e. The van der Waals surface area contributed by atoms with E-state index in [0.29, 0.717) is 0 Å². The summed E-state index contributed by atoms with van der Waals surface area (Å²) in [5, 5.41) is 4.37. The van der Waals surface area contributed by atoms with E-state index < -0.39 is 0 Å². The zero-order valence-electron chi connectivity index (χ0n) is 16.3. The molecule has 0 N–H and O–H groups in total. The van der Waals surface area contributed by atoms with Crippen molar-refractivity contribution in [2.24, 2.45) is 5.92 Å². The van der Waals surface area contributed by atoms with Crippen molar-refractivity contribution in [2.75, 3.05) is 0 Å². The van der Waals surface area contributed by atoms with Gasteiger partial charge in [0.15, 0.2) is 0 Å². The first kappa shape index (κ1) is 19.6. The minimum absolute atomic E-state index is 0.0312. The quantitative estimate of drug-likeness (QED) is 0.408. The van der Waals surface area contributed by atoms with Crippen molar-refractivity contribution >= 4 is 50.2 Å². The molecule has 3 rings (SSSR count). The second-order valence-electron chi connectivity index (χ2n) is 7.83. The molecule has 0 saturated heterocycles. The fourth-order valence-electron chi connectivity index (χ4n) is 4.40. The third kappa shape index (κ3) is 2.63. The van der Waals surface area contributed by atoms with Crippen LogP contribution in [-0.2, 0) is 0 Å². The molecular formula is C21H26Cl2P2. The van der Waals surface area contributed by atoms with Crippen LogP contribution in [0.5, 0.6) is 0 Å². The summed E-state index contributed by atoms with van der Waals surface area (Å²) in [7, 11) is 2.72. The minimum Gasteiger partial charge on any atom is -0.0890 e. The monoisotopic (exact) mass is 410 g/mol. The molecule has 0 radical (unpaired) electrons. The van der Waals surface area contributed by atoms with Crippen molar-refractivity contribution < 1.29 is 0 Å². The summed E-state index contributed by atoms with van der Waals surface area (Å²) in [6.07, 6.45) is 2.21. The van der Waals surface area contributed by atoms with Gasteiger partial charge in [-0.3, -0.25) is 0 Å². The van der Waals surface area contributed by atoms with Gasteiger partial charge in [-0.1, -0.05) is 56.8 Å². The van der Waals surface area contributed by atoms with Crippen molar-refractivity contribution in [3.63, 3.8) is 0 Å². The van der Waals surface area contributed by atoms with E-state index in [1.807, 2.05) is 0 Å². The standard InChI is InChI=1S/C21H26Cl2P2/c1-10-12(3)20(7,24-14(10)5)16-9-17(22)19(23)18(16)21(8)13(4)11(2)15(6)25-21/h9,16H,1-8H3. The van der Waals surface area contributed by atoms with Crippen LogP contribution in [0.4, 0.5) is 0 Å². The first-order valence-electron chi connectivity index (χ1n) is 8.72. The third-order valence-electron chi connectivity index (χ3n) is 6.69. The minimum atomic E-state index is -0.0632. The topological polar surface area (TPSA) is 0 Å². The lowest BCUT2D eigenvalue weighted by Crippen LogP contribution is -2.35. The van der Waals surface area contributed by atoms with Gasteiger partial charge in [0.2, 0.25) is 0 Å². The summed E-state index contributed by atoms with van der Waals surface area (Å²) in [4.78, 5) is 0. The molecule has 0 spiro atoms. The highest BCUT2D eigenvalue weighted by Crippen LogP contribution is 2.60. The fraction of sp³-hybridized carbons (Fsp3) is 0.524.